The van der Waals surface area contributed by atoms with Gasteiger partial charge >= 0.3 is 5.69 Å². The Morgan fingerprint density at radius 1 is 1.06 bits per heavy atom. The highest BCUT2D eigenvalue weighted by atomic mass is 16.5. The molecule has 34 heavy (non-hydrogen) atoms. The van der Waals surface area contributed by atoms with Crippen molar-refractivity contribution in [1.82, 2.24) is 14.5 Å². The molecule has 2 heterocycles. The van der Waals surface area contributed by atoms with Crippen LogP contribution in [0.25, 0.3) is 11.3 Å². The molecule has 3 aromatic rings. The number of likely N-dealkylation sites (N-methyl/N-ethyl adjacent to an activating group) is 1. The molecule has 0 unspecified atom stereocenters. The van der Waals surface area contributed by atoms with Crippen LogP contribution in [0.15, 0.2) is 40.1 Å². The first-order chi connectivity index (χ1) is 16.4. The van der Waals surface area contributed by atoms with E-state index in [4.69, 9.17) is 14.5 Å². The summed E-state index contributed by atoms with van der Waals surface area (Å²) in [6.07, 6.45) is 0.755. The lowest BCUT2D eigenvalue weighted by Gasteiger charge is -2.25. The predicted molar refractivity (Wildman–Crippen MR) is 135 cm³/mol. The van der Waals surface area contributed by atoms with Gasteiger partial charge in [0.2, 0.25) is 0 Å². The fourth-order valence-electron chi connectivity index (χ4n) is 4.76. The number of aryl methyl sites for hydroxylation is 4. The van der Waals surface area contributed by atoms with Crippen LogP contribution in [0.3, 0.4) is 0 Å². The molecule has 0 atom stereocenters. The van der Waals surface area contributed by atoms with Gasteiger partial charge in [0.15, 0.2) is 11.5 Å². The predicted octanol–water partition coefficient (Wildman–Crippen LogP) is 3.66. The van der Waals surface area contributed by atoms with Crippen LogP contribution in [0.2, 0.25) is 0 Å². The van der Waals surface area contributed by atoms with Crippen molar-refractivity contribution in [3.63, 3.8) is 0 Å². The van der Waals surface area contributed by atoms with Crippen LogP contribution in [-0.4, -0.2) is 36.4 Å². The third kappa shape index (κ3) is 4.40. The molecular weight excluding hydrogens is 428 g/mol. The summed E-state index contributed by atoms with van der Waals surface area (Å²) in [5, 5.41) is 3.15. The summed E-state index contributed by atoms with van der Waals surface area (Å²) in [6.45, 7) is 10.6. The normalized spacial score (nSPS) is 12.9. The maximum absolute atomic E-state index is 13.7. The number of rotatable bonds is 7. The SMILES string of the molecule is CCOc1cc2c(cc1OC)-c1cc(=Nc3c(C)cc(C)cc3C)n(CCNC)c(=O)n1CC2. The first kappa shape index (κ1) is 23.8. The Hall–Kier alpha value is -3.32. The lowest BCUT2D eigenvalue weighted by atomic mass is 9.97. The molecule has 1 aromatic heterocycles. The maximum atomic E-state index is 13.7. The lowest BCUT2D eigenvalue weighted by Crippen LogP contribution is -2.43. The van der Waals surface area contributed by atoms with Crippen LogP contribution in [-0.2, 0) is 19.5 Å². The van der Waals surface area contributed by atoms with E-state index in [1.54, 1.807) is 11.7 Å². The van der Waals surface area contributed by atoms with Crippen molar-refractivity contribution >= 4 is 5.69 Å². The number of nitrogens with one attached hydrogen (secondary N) is 1. The van der Waals surface area contributed by atoms with Crippen molar-refractivity contribution in [2.45, 2.75) is 47.2 Å². The van der Waals surface area contributed by atoms with Crippen LogP contribution in [0.4, 0.5) is 5.69 Å². The van der Waals surface area contributed by atoms with Gasteiger partial charge in [-0.1, -0.05) is 17.7 Å². The standard InChI is InChI=1S/C27H34N4O3/c1-7-34-24-14-20-8-10-30-22(21(20)15-23(24)33-6)16-25(31(27(30)32)11-9-28-5)29-26-18(3)12-17(2)13-19(26)4/h12-16,28H,7-11H2,1-6H3. The molecule has 2 aromatic carbocycles. The molecule has 4 rings (SSSR count). The fourth-order valence-corrected chi connectivity index (χ4v) is 4.76. The Kier molecular flexibility index (Phi) is 6.93. The van der Waals surface area contributed by atoms with Gasteiger partial charge in [0.1, 0.15) is 5.49 Å². The third-order valence-electron chi connectivity index (χ3n) is 6.31. The van der Waals surface area contributed by atoms with Crippen LogP contribution in [0.1, 0.15) is 29.2 Å². The zero-order chi connectivity index (χ0) is 24.4. The average Bonchev–Trinajstić information content (AvgIpc) is 2.80. The quantitative estimate of drug-likeness (QED) is 0.582. The first-order valence-electron chi connectivity index (χ1n) is 11.8. The third-order valence-corrected chi connectivity index (χ3v) is 6.31. The summed E-state index contributed by atoms with van der Waals surface area (Å²) in [4.78, 5) is 18.7. The van der Waals surface area contributed by atoms with Gasteiger partial charge in [0, 0.05) is 31.3 Å². The minimum Gasteiger partial charge on any atom is -0.493 e. The van der Waals surface area contributed by atoms with Crippen LogP contribution in [0, 0.1) is 20.8 Å². The number of ether oxygens (including phenoxy) is 2. The minimum absolute atomic E-state index is 0.0487. The van der Waals surface area contributed by atoms with Crippen molar-refractivity contribution in [3.8, 4) is 22.8 Å². The molecule has 0 saturated heterocycles. The van der Waals surface area contributed by atoms with Crippen LogP contribution >= 0.6 is 0 Å². The van der Waals surface area contributed by atoms with Gasteiger partial charge in [-0.05, 0) is 70.0 Å². The van der Waals surface area contributed by atoms with Gasteiger partial charge in [-0.2, -0.15) is 0 Å². The van der Waals surface area contributed by atoms with Gasteiger partial charge in [-0.25, -0.2) is 9.79 Å². The topological polar surface area (TPSA) is 69.8 Å². The monoisotopic (exact) mass is 462 g/mol. The Morgan fingerprint density at radius 2 is 1.79 bits per heavy atom. The van der Waals surface area contributed by atoms with Crippen LogP contribution < -0.4 is 26.0 Å². The van der Waals surface area contributed by atoms with E-state index in [1.165, 1.54) is 5.56 Å². The van der Waals surface area contributed by atoms with Crippen molar-refractivity contribution in [2.75, 3.05) is 27.3 Å². The zero-order valence-corrected chi connectivity index (χ0v) is 21.0. The van der Waals surface area contributed by atoms with Crippen molar-refractivity contribution in [2.24, 2.45) is 4.99 Å². The molecule has 0 bridgehead atoms. The Labute approximate surface area is 200 Å². The number of hydrogen-bond donors (Lipinski definition) is 1. The summed E-state index contributed by atoms with van der Waals surface area (Å²) in [5.41, 5.74) is 7.90. The number of nitrogens with zero attached hydrogens (tertiary/aromatic N) is 3. The lowest BCUT2D eigenvalue weighted by molar-refractivity contribution is 0.310. The fraction of sp³-hybridized carbons (Fsp3) is 0.407. The molecule has 1 aliphatic rings. The summed E-state index contributed by atoms with van der Waals surface area (Å²) in [5.74, 6) is 1.40. The second-order valence-corrected chi connectivity index (χ2v) is 8.78. The summed E-state index contributed by atoms with van der Waals surface area (Å²) in [6, 6.07) is 10.3. The maximum Gasteiger partial charge on any atom is 0.330 e. The Balaban J connectivity index is 1.99. The molecular formula is C27H34N4O3. The van der Waals surface area contributed by atoms with Gasteiger partial charge in [-0.3, -0.25) is 9.13 Å². The molecule has 180 valence electrons. The number of methoxy groups -OCH3 is 1. The Bertz CT molecular complexity index is 1330. The second-order valence-electron chi connectivity index (χ2n) is 8.78. The first-order valence-corrected chi connectivity index (χ1v) is 11.8. The zero-order valence-electron chi connectivity index (χ0n) is 21.0. The van der Waals surface area contributed by atoms with Crippen molar-refractivity contribution in [3.05, 3.63) is 68.6 Å². The highest BCUT2D eigenvalue weighted by Crippen LogP contribution is 2.37. The number of fused-ring (bicyclic) bond motifs is 3. The van der Waals surface area contributed by atoms with E-state index in [0.29, 0.717) is 37.5 Å². The summed E-state index contributed by atoms with van der Waals surface area (Å²) in [7, 11) is 3.53. The van der Waals surface area contributed by atoms with Gasteiger partial charge in [-0.15, -0.1) is 0 Å². The second kappa shape index (κ2) is 9.89. The molecule has 0 aliphatic carbocycles. The van der Waals surface area contributed by atoms with E-state index in [9.17, 15) is 4.79 Å². The van der Waals surface area contributed by atoms with Gasteiger partial charge < -0.3 is 14.8 Å². The molecule has 0 spiro atoms. The van der Waals surface area contributed by atoms with E-state index in [0.717, 1.165) is 45.8 Å². The molecule has 1 N–H and O–H groups in total. The largest absolute Gasteiger partial charge is 0.493 e. The van der Waals surface area contributed by atoms with E-state index < -0.39 is 0 Å². The minimum atomic E-state index is -0.0487. The molecule has 7 heteroatoms. The van der Waals surface area contributed by atoms with Crippen LogP contribution in [0.5, 0.6) is 11.5 Å². The van der Waals surface area contributed by atoms with Gasteiger partial charge in [0.05, 0.1) is 25.1 Å². The molecule has 7 nitrogen and oxygen atoms in total. The van der Waals surface area contributed by atoms with E-state index in [1.807, 2.05) is 36.7 Å². The molecule has 0 saturated carbocycles. The van der Waals surface area contributed by atoms with Gasteiger partial charge in [0.25, 0.3) is 0 Å². The van der Waals surface area contributed by atoms with E-state index in [-0.39, 0.29) is 5.69 Å². The van der Waals surface area contributed by atoms with Crippen molar-refractivity contribution < 1.29 is 9.47 Å². The molecule has 0 radical (unpaired) electrons. The molecule has 0 fully saturated rings. The summed E-state index contributed by atoms with van der Waals surface area (Å²) >= 11 is 0. The van der Waals surface area contributed by atoms with E-state index >= 15 is 0 Å². The highest BCUT2D eigenvalue weighted by molar-refractivity contribution is 5.70. The highest BCUT2D eigenvalue weighted by Gasteiger charge is 2.22. The molecule has 0 amide bonds. The van der Waals surface area contributed by atoms with E-state index in [2.05, 4.69) is 38.2 Å². The molecule has 1 aliphatic heterocycles. The Morgan fingerprint density at radius 3 is 2.44 bits per heavy atom. The number of benzene rings is 2. The average molecular weight is 463 g/mol. The number of aromatic nitrogens is 2. The number of hydrogen-bond acceptors (Lipinski definition) is 5. The van der Waals surface area contributed by atoms with Crippen molar-refractivity contribution in [1.29, 1.82) is 0 Å². The summed E-state index contributed by atoms with van der Waals surface area (Å²) < 4.78 is 15.0. The smallest absolute Gasteiger partial charge is 0.330 e.